The molecule has 2 fully saturated rings. The Kier molecular flexibility index (Phi) is 4.23. The predicted molar refractivity (Wildman–Crippen MR) is 81.2 cm³/mol. The molecule has 0 aromatic carbocycles. The highest BCUT2D eigenvalue weighted by Crippen LogP contribution is 2.32. The van der Waals surface area contributed by atoms with Crippen LogP contribution in [0.1, 0.15) is 87.4 Å². The highest BCUT2D eigenvalue weighted by atomic mass is 16.1. The van der Waals surface area contributed by atoms with E-state index in [1.165, 1.54) is 51.4 Å². The van der Waals surface area contributed by atoms with Crippen molar-refractivity contribution >= 4 is 0 Å². The van der Waals surface area contributed by atoms with E-state index >= 15 is 0 Å². The second kappa shape index (κ2) is 6.11. The van der Waals surface area contributed by atoms with Gasteiger partial charge in [-0.3, -0.25) is 4.79 Å². The van der Waals surface area contributed by atoms with Gasteiger partial charge in [0, 0.05) is 5.56 Å². The Balaban J connectivity index is 1.94. The summed E-state index contributed by atoms with van der Waals surface area (Å²) in [4.78, 5) is 12.8. The minimum atomic E-state index is 0.203. The van der Waals surface area contributed by atoms with Crippen LogP contribution in [0.3, 0.4) is 0 Å². The van der Waals surface area contributed by atoms with Crippen LogP contribution in [-0.2, 0) is 0 Å². The van der Waals surface area contributed by atoms with Crippen LogP contribution in [0.5, 0.6) is 0 Å². The molecule has 3 rings (SSSR count). The first-order valence-electron chi connectivity index (χ1n) is 8.36. The summed E-state index contributed by atoms with van der Waals surface area (Å²) in [5, 5.41) is 4.56. The zero-order valence-electron chi connectivity index (χ0n) is 12.6. The van der Waals surface area contributed by atoms with Crippen LogP contribution in [0.2, 0.25) is 0 Å². The number of hydrogen-bond donors (Lipinski definition) is 0. The van der Waals surface area contributed by atoms with Gasteiger partial charge in [0.25, 0.3) is 5.56 Å². The molecule has 110 valence electrons. The van der Waals surface area contributed by atoms with E-state index in [1.807, 2.05) is 11.6 Å². The molecule has 0 saturated heterocycles. The van der Waals surface area contributed by atoms with E-state index in [2.05, 4.69) is 11.2 Å². The molecule has 1 heterocycles. The highest BCUT2D eigenvalue weighted by molar-refractivity contribution is 5.18. The van der Waals surface area contributed by atoms with E-state index in [4.69, 9.17) is 0 Å². The predicted octanol–water partition coefficient (Wildman–Crippen LogP) is 4.10. The fraction of sp³-hybridized carbons (Fsp3) is 0.765. The Morgan fingerprint density at radius 3 is 2.25 bits per heavy atom. The standard InChI is InChI=1S/C17H26N2O/c1-13-12-16(14-8-4-2-5-9-14)17(20)19(18-13)15-10-6-3-7-11-15/h12,14-15H,2-11H2,1H3. The monoisotopic (exact) mass is 274 g/mol. The number of hydrogen-bond acceptors (Lipinski definition) is 2. The molecule has 0 radical (unpaired) electrons. The van der Waals surface area contributed by atoms with Crippen LogP contribution < -0.4 is 5.56 Å². The van der Waals surface area contributed by atoms with E-state index in [9.17, 15) is 4.79 Å². The molecule has 0 N–H and O–H groups in total. The Labute approximate surface area is 121 Å². The average Bonchev–Trinajstić information content (AvgIpc) is 2.51. The number of aromatic nitrogens is 2. The molecule has 2 aliphatic carbocycles. The second-order valence-electron chi connectivity index (χ2n) is 6.62. The molecule has 3 nitrogen and oxygen atoms in total. The molecule has 0 atom stereocenters. The summed E-state index contributed by atoms with van der Waals surface area (Å²) in [5.41, 5.74) is 2.26. The smallest absolute Gasteiger partial charge is 0.267 e. The van der Waals surface area contributed by atoms with Crippen molar-refractivity contribution in [2.45, 2.75) is 83.1 Å². The molecule has 2 aliphatic rings. The van der Waals surface area contributed by atoms with Crippen LogP contribution in [0.25, 0.3) is 0 Å². The van der Waals surface area contributed by atoms with Crippen LogP contribution >= 0.6 is 0 Å². The summed E-state index contributed by atoms with van der Waals surface area (Å²) < 4.78 is 1.83. The summed E-state index contributed by atoms with van der Waals surface area (Å²) >= 11 is 0. The number of rotatable bonds is 2. The molecule has 20 heavy (non-hydrogen) atoms. The van der Waals surface area contributed by atoms with Gasteiger partial charge in [0.05, 0.1) is 11.7 Å². The third-order valence-electron chi connectivity index (χ3n) is 5.05. The Hall–Kier alpha value is -1.12. The van der Waals surface area contributed by atoms with Gasteiger partial charge in [-0.1, -0.05) is 38.5 Å². The molecule has 0 aliphatic heterocycles. The lowest BCUT2D eigenvalue weighted by Gasteiger charge is -2.26. The molecule has 0 bridgehead atoms. The van der Waals surface area contributed by atoms with E-state index in [-0.39, 0.29) is 5.56 Å². The third kappa shape index (κ3) is 2.82. The Morgan fingerprint density at radius 2 is 1.60 bits per heavy atom. The molecule has 0 amide bonds. The minimum absolute atomic E-state index is 0.203. The van der Waals surface area contributed by atoms with Gasteiger partial charge >= 0.3 is 0 Å². The molecular formula is C17H26N2O. The van der Waals surface area contributed by atoms with Crippen LogP contribution in [0, 0.1) is 6.92 Å². The van der Waals surface area contributed by atoms with Gasteiger partial charge in [-0.25, -0.2) is 4.68 Å². The van der Waals surface area contributed by atoms with E-state index in [0.717, 1.165) is 24.1 Å². The van der Waals surface area contributed by atoms with Gasteiger partial charge < -0.3 is 0 Å². The summed E-state index contributed by atoms with van der Waals surface area (Å²) in [6.45, 7) is 2.03. The quantitative estimate of drug-likeness (QED) is 0.813. The molecule has 0 unspecified atom stereocenters. The van der Waals surface area contributed by atoms with Gasteiger partial charge in [-0.15, -0.1) is 0 Å². The zero-order valence-corrected chi connectivity index (χ0v) is 12.6. The van der Waals surface area contributed by atoms with Crippen LogP contribution in [0.4, 0.5) is 0 Å². The van der Waals surface area contributed by atoms with Crippen LogP contribution in [0.15, 0.2) is 10.9 Å². The van der Waals surface area contributed by atoms with Crippen molar-refractivity contribution in [3.05, 3.63) is 27.7 Å². The Morgan fingerprint density at radius 1 is 1.00 bits per heavy atom. The number of nitrogens with zero attached hydrogens (tertiary/aromatic N) is 2. The fourth-order valence-corrected chi connectivity index (χ4v) is 3.94. The van der Waals surface area contributed by atoms with E-state index in [1.54, 1.807) is 0 Å². The van der Waals surface area contributed by atoms with Crippen molar-refractivity contribution in [3.63, 3.8) is 0 Å². The molecule has 2 saturated carbocycles. The second-order valence-corrected chi connectivity index (χ2v) is 6.62. The SMILES string of the molecule is Cc1cc(C2CCCCC2)c(=O)n(C2CCCCC2)n1. The first-order chi connectivity index (χ1) is 9.75. The summed E-state index contributed by atoms with van der Waals surface area (Å²) in [5.74, 6) is 0.479. The first-order valence-corrected chi connectivity index (χ1v) is 8.36. The largest absolute Gasteiger partial charge is 0.270 e. The van der Waals surface area contributed by atoms with Gasteiger partial charge in [0.2, 0.25) is 0 Å². The normalized spacial score (nSPS) is 22.1. The van der Waals surface area contributed by atoms with Crippen molar-refractivity contribution < 1.29 is 0 Å². The molecule has 1 aromatic heterocycles. The molecule has 1 aromatic rings. The lowest BCUT2D eigenvalue weighted by atomic mass is 9.84. The topological polar surface area (TPSA) is 34.9 Å². The maximum Gasteiger partial charge on any atom is 0.270 e. The maximum atomic E-state index is 12.8. The third-order valence-corrected chi connectivity index (χ3v) is 5.05. The van der Waals surface area contributed by atoms with Gasteiger partial charge in [-0.05, 0) is 44.6 Å². The minimum Gasteiger partial charge on any atom is -0.267 e. The molecule has 3 heteroatoms. The zero-order chi connectivity index (χ0) is 13.9. The fourth-order valence-electron chi connectivity index (χ4n) is 3.94. The number of aryl methyl sites for hydroxylation is 1. The van der Waals surface area contributed by atoms with Crippen molar-refractivity contribution in [1.29, 1.82) is 0 Å². The van der Waals surface area contributed by atoms with Crippen molar-refractivity contribution in [2.75, 3.05) is 0 Å². The lowest BCUT2D eigenvalue weighted by molar-refractivity contribution is 0.313. The Bertz CT molecular complexity index is 466. The summed E-state index contributed by atoms with van der Waals surface area (Å²) in [6.07, 6.45) is 12.3. The van der Waals surface area contributed by atoms with Crippen molar-refractivity contribution in [1.82, 2.24) is 9.78 Å². The van der Waals surface area contributed by atoms with Gasteiger partial charge in [0.1, 0.15) is 0 Å². The summed E-state index contributed by atoms with van der Waals surface area (Å²) in [7, 11) is 0. The molecular weight excluding hydrogens is 248 g/mol. The average molecular weight is 274 g/mol. The van der Waals surface area contributed by atoms with Crippen molar-refractivity contribution in [3.8, 4) is 0 Å². The highest BCUT2D eigenvalue weighted by Gasteiger charge is 2.23. The first kappa shape index (κ1) is 13.8. The van der Waals surface area contributed by atoms with Crippen molar-refractivity contribution in [2.24, 2.45) is 0 Å². The van der Waals surface area contributed by atoms with E-state index < -0.39 is 0 Å². The maximum absolute atomic E-state index is 12.8. The van der Waals surface area contributed by atoms with Crippen LogP contribution in [-0.4, -0.2) is 9.78 Å². The van der Waals surface area contributed by atoms with E-state index in [0.29, 0.717) is 12.0 Å². The van der Waals surface area contributed by atoms with Gasteiger partial charge in [0.15, 0.2) is 0 Å². The molecule has 0 spiro atoms. The van der Waals surface area contributed by atoms with Gasteiger partial charge in [-0.2, -0.15) is 5.10 Å². The summed E-state index contributed by atoms with van der Waals surface area (Å²) in [6, 6.07) is 2.40. The lowest BCUT2D eigenvalue weighted by Crippen LogP contribution is -2.33.